The number of ether oxygens (including phenoxy) is 2. The van der Waals surface area contributed by atoms with Crippen LogP contribution >= 0.6 is 0 Å². The van der Waals surface area contributed by atoms with Gasteiger partial charge in [-0.15, -0.1) is 0 Å². The lowest BCUT2D eigenvalue weighted by Gasteiger charge is -2.12. The van der Waals surface area contributed by atoms with Crippen LogP contribution in [-0.2, 0) is 17.8 Å². The average Bonchev–Trinajstić information content (AvgIpc) is 2.85. The molecule has 34 heavy (non-hydrogen) atoms. The molecule has 0 radical (unpaired) electrons. The van der Waals surface area contributed by atoms with Crippen LogP contribution in [-0.4, -0.2) is 19.2 Å². The van der Waals surface area contributed by atoms with Gasteiger partial charge in [0.25, 0.3) is 0 Å². The Morgan fingerprint density at radius 1 is 0.912 bits per heavy atom. The third-order valence-corrected chi connectivity index (χ3v) is 5.71. The van der Waals surface area contributed by atoms with E-state index < -0.39 is 0 Å². The molecule has 5 heteroatoms. The maximum Gasteiger partial charge on any atom is 0.244 e. The van der Waals surface area contributed by atoms with Gasteiger partial charge in [-0.3, -0.25) is 4.79 Å². The zero-order chi connectivity index (χ0) is 23.9. The van der Waals surface area contributed by atoms with Gasteiger partial charge in [0.15, 0.2) is 11.5 Å². The number of carbonyl (C=O) groups excluding carboxylic acids is 1. The molecule has 0 unspecified atom stereocenters. The molecule has 0 saturated carbocycles. The second kappa shape index (κ2) is 10.7. The number of nitrogens with one attached hydrogen (secondary N) is 1. The molecule has 4 aromatic carbocycles. The molecule has 0 heterocycles. The van der Waals surface area contributed by atoms with Crippen molar-refractivity contribution in [1.82, 2.24) is 5.43 Å². The van der Waals surface area contributed by atoms with Crippen LogP contribution in [0, 0.1) is 13.8 Å². The molecule has 0 saturated heterocycles. The maximum atomic E-state index is 12.3. The van der Waals surface area contributed by atoms with Gasteiger partial charge in [0.2, 0.25) is 5.91 Å². The Hall–Kier alpha value is -4.12. The van der Waals surface area contributed by atoms with E-state index in [-0.39, 0.29) is 12.3 Å². The summed E-state index contributed by atoms with van der Waals surface area (Å²) < 4.78 is 11.6. The van der Waals surface area contributed by atoms with E-state index in [0.717, 1.165) is 27.8 Å². The predicted molar refractivity (Wildman–Crippen MR) is 137 cm³/mol. The summed E-state index contributed by atoms with van der Waals surface area (Å²) in [6.45, 7) is 4.45. The Morgan fingerprint density at radius 2 is 1.74 bits per heavy atom. The molecule has 0 bridgehead atoms. The van der Waals surface area contributed by atoms with Crippen LogP contribution in [0.1, 0.15) is 27.8 Å². The molecular weight excluding hydrogens is 424 g/mol. The van der Waals surface area contributed by atoms with Gasteiger partial charge in [-0.2, -0.15) is 5.10 Å². The highest BCUT2D eigenvalue weighted by molar-refractivity contribution is 5.86. The summed E-state index contributed by atoms with van der Waals surface area (Å²) in [5.41, 5.74) is 7.73. The van der Waals surface area contributed by atoms with E-state index in [2.05, 4.69) is 34.8 Å². The number of aryl methyl sites for hydroxylation is 2. The first-order valence-electron chi connectivity index (χ1n) is 11.2. The Balaban J connectivity index is 1.39. The fraction of sp³-hybridized carbons (Fsp3) is 0.172. The van der Waals surface area contributed by atoms with Gasteiger partial charge in [0, 0.05) is 0 Å². The van der Waals surface area contributed by atoms with Crippen LogP contribution in [0.4, 0.5) is 0 Å². The van der Waals surface area contributed by atoms with Crippen LogP contribution in [0.15, 0.2) is 84.0 Å². The van der Waals surface area contributed by atoms with E-state index in [1.54, 1.807) is 13.3 Å². The lowest BCUT2D eigenvalue weighted by atomic mass is 10.0. The molecule has 4 aromatic rings. The van der Waals surface area contributed by atoms with Crippen molar-refractivity contribution in [3.8, 4) is 11.5 Å². The lowest BCUT2D eigenvalue weighted by Crippen LogP contribution is -2.20. The number of hydrazone groups is 1. The fourth-order valence-corrected chi connectivity index (χ4v) is 3.84. The normalized spacial score (nSPS) is 11.0. The topological polar surface area (TPSA) is 59.9 Å². The van der Waals surface area contributed by atoms with E-state index in [1.165, 1.54) is 10.8 Å². The van der Waals surface area contributed by atoms with E-state index >= 15 is 0 Å². The first-order chi connectivity index (χ1) is 16.5. The fourth-order valence-electron chi connectivity index (χ4n) is 3.84. The highest BCUT2D eigenvalue weighted by Crippen LogP contribution is 2.29. The van der Waals surface area contributed by atoms with Crippen LogP contribution in [0.2, 0.25) is 0 Å². The minimum Gasteiger partial charge on any atom is -0.493 e. The number of fused-ring (bicyclic) bond motifs is 1. The minimum absolute atomic E-state index is 0.160. The molecule has 0 atom stereocenters. The highest BCUT2D eigenvalue weighted by Gasteiger charge is 2.08. The third-order valence-electron chi connectivity index (χ3n) is 5.71. The smallest absolute Gasteiger partial charge is 0.244 e. The molecule has 0 aliphatic carbocycles. The third kappa shape index (κ3) is 5.62. The molecule has 4 rings (SSSR count). The van der Waals surface area contributed by atoms with Crippen molar-refractivity contribution < 1.29 is 14.3 Å². The first-order valence-corrected chi connectivity index (χ1v) is 11.2. The zero-order valence-electron chi connectivity index (χ0n) is 19.7. The van der Waals surface area contributed by atoms with Gasteiger partial charge in [-0.05, 0) is 65.1 Å². The van der Waals surface area contributed by atoms with Crippen molar-refractivity contribution in [2.45, 2.75) is 26.9 Å². The molecular formula is C29H28N2O3. The van der Waals surface area contributed by atoms with E-state index in [4.69, 9.17) is 9.47 Å². The summed E-state index contributed by atoms with van der Waals surface area (Å²) in [6.07, 6.45) is 1.88. The number of hydrogen-bond acceptors (Lipinski definition) is 4. The van der Waals surface area contributed by atoms with Crippen molar-refractivity contribution in [3.05, 3.63) is 107 Å². The van der Waals surface area contributed by atoms with E-state index in [0.29, 0.717) is 18.1 Å². The summed E-state index contributed by atoms with van der Waals surface area (Å²) in [5, 5.41) is 6.45. The Bertz CT molecular complexity index is 1340. The summed E-state index contributed by atoms with van der Waals surface area (Å²) in [7, 11) is 1.60. The number of nitrogens with zero attached hydrogens (tertiary/aromatic N) is 1. The second-order valence-corrected chi connectivity index (χ2v) is 8.24. The monoisotopic (exact) mass is 452 g/mol. The van der Waals surface area contributed by atoms with Crippen LogP contribution in [0.3, 0.4) is 0 Å². The minimum atomic E-state index is -0.160. The lowest BCUT2D eigenvalue weighted by molar-refractivity contribution is -0.120. The molecule has 172 valence electrons. The molecule has 0 spiro atoms. The van der Waals surface area contributed by atoms with E-state index in [1.807, 2.05) is 68.4 Å². The Labute approximate surface area is 200 Å². The van der Waals surface area contributed by atoms with Crippen LogP contribution in [0.25, 0.3) is 10.8 Å². The zero-order valence-corrected chi connectivity index (χ0v) is 19.7. The van der Waals surface area contributed by atoms with E-state index in [9.17, 15) is 4.79 Å². The van der Waals surface area contributed by atoms with Gasteiger partial charge >= 0.3 is 0 Å². The van der Waals surface area contributed by atoms with Gasteiger partial charge in [-0.25, -0.2) is 5.43 Å². The number of methoxy groups -OCH3 is 1. The van der Waals surface area contributed by atoms with Crippen molar-refractivity contribution in [1.29, 1.82) is 0 Å². The molecule has 0 aromatic heterocycles. The molecule has 1 amide bonds. The molecule has 5 nitrogen and oxygen atoms in total. The number of benzene rings is 4. The van der Waals surface area contributed by atoms with Crippen LogP contribution in [0.5, 0.6) is 11.5 Å². The number of hydrogen-bond donors (Lipinski definition) is 1. The summed E-state index contributed by atoms with van der Waals surface area (Å²) in [4.78, 5) is 12.3. The largest absolute Gasteiger partial charge is 0.493 e. The standard InChI is InChI=1S/C29H28N2O3/c1-20-11-12-21(2)25(15-20)17-29(32)31-30-18-22-13-14-27(28(16-22)33-3)34-19-24-9-6-8-23-7-4-5-10-26(23)24/h4-16,18H,17,19H2,1-3H3,(H,31,32)/b30-18+. The molecule has 1 N–H and O–H groups in total. The second-order valence-electron chi connectivity index (χ2n) is 8.24. The summed E-state index contributed by atoms with van der Waals surface area (Å²) in [5.74, 6) is 1.09. The molecule has 0 aliphatic heterocycles. The molecule has 0 aliphatic rings. The average molecular weight is 453 g/mol. The van der Waals surface area contributed by atoms with Crippen LogP contribution < -0.4 is 14.9 Å². The van der Waals surface area contributed by atoms with Crippen molar-refractivity contribution in [3.63, 3.8) is 0 Å². The summed E-state index contributed by atoms with van der Waals surface area (Å²) >= 11 is 0. The van der Waals surface area contributed by atoms with Gasteiger partial charge in [-0.1, -0.05) is 66.2 Å². The number of carbonyl (C=O) groups is 1. The van der Waals surface area contributed by atoms with Gasteiger partial charge in [0.1, 0.15) is 6.61 Å². The number of rotatable bonds is 8. The first kappa shape index (κ1) is 23.1. The summed E-state index contributed by atoms with van der Waals surface area (Å²) in [6, 6.07) is 26.1. The quantitative estimate of drug-likeness (QED) is 0.274. The predicted octanol–water partition coefficient (Wildman–Crippen LogP) is 5.74. The van der Waals surface area contributed by atoms with Gasteiger partial charge in [0.05, 0.1) is 19.7 Å². The van der Waals surface area contributed by atoms with Gasteiger partial charge < -0.3 is 9.47 Å². The van der Waals surface area contributed by atoms with Crippen molar-refractivity contribution in [2.24, 2.45) is 5.10 Å². The highest BCUT2D eigenvalue weighted by atomic mass is 16.5. The Morgan fingerprint density at radius 3 is 2.59 bits per heavy atom. The van der Waals surface area contributed by atoms with Crippen molar-refractivity contribution in [2.75, 3.05) is 7.11 Å². The van der Waals surface area contributed by atoms with Crippen molar-refractivity contribution >= 4 is 22.9 Å². The molecule has 0 fully saturated rings. The Kier molecular flexibility index (Phi) is 7.23. The maximum absolute atomic E-state index is 12.3. The number of amides is 1. The SMILES string of the molecule is COc1cc(/C=N/NC(=O)Cc2cc(C)ccc2C)ccc1OCc1cccc2ccccc12.